The van der Waals surface area contributed by atoms with Crippen molar-refractivity contribution in [2.45, 2.75) is 297 Å². The summed E-state index contributed by atoms with van der Waals surface area (Å²) in [7, 11) is 0. The second-order valence-corrected chi connectivity index (χ2v) is 17.5. The van der Waals surface area contributed by atoms with E-state index in [0.717, 1.165) is 0 Å². The molecule has 0 aromatic heterocycles. The van der Waals surface area contributed by atoms with Crippen molar-refractivity contribution < 1.29 is 0 Å². The van der Waals surface area contributed by atoms with Crippen LogP contribution in [0.5, 0.6) is 0 Å². The lowest BCUT2D eigenvalue weighted by Crippen LogP contribution is -2.39. The molecule has 1 aliphatic heterocycles. The number of rotatable bonds is 44. The first-order chi connectivity index (χ1) is 25.8. The fourth-order valence-electron chi connectivity index (χ4n) is 8.66. The lowest BCUT2D eigenvalue weighted by Gasteiger charge is -2.33. The number of nitrogens with zero attached hydrogens (tertiary/aromatic N) is 2. The summed E-state index contributed by atoms with van der Waals surface area (Å²) in [5, 5.41) is 0. The zero-order chi connectivity index (χ0) is 37.3. The Morgan fingerprint density at radius 1 is 0.250 bits per heavy atom. The lowest BCUT2D eigenvalue weighted by atomic mass is 10.0. The highest BCUT2D eigenvalue weighted by Gasteiger charge is 2.24. The van der Waals surface area contributed by atoms with Crippen LogP contribution in [0.25, 0.3) is 0 Å². The topological polar surface area (TPSA) is 6.48 Å². The monoisotopic (exact) mass is 729 g/mol. The van der Waals surface area contributed by atoms with E-state index >= 15 is 0 Å². The molecule has 1 unspecified atom stereocenters. The first-order valence-electron chi connectivity index (χ1n) is 25.0. The van der Waals surface area contributed by atoms with E-state index in [9.17, 15) is 0 Å². The molecule has 0 N–H and O–H groups in total. The van der Waals surface area contributed by atoms with Crippen molar-refractivity contribution >= 4 is 0 Å². The van der Waals surface area contributed by atoms with E-state index in [1.165, 1.54) is 283 Å². The van der Waals surface area contributed by atoms with E-state index in [2.05, 4.69) is 43.0 Å². The van der Waals surface area contributed by atoms with Crippen molar-refractivity contribution in [3.63, 3.8) is 0 Å². The van der Waals surface area contributed by atoms with Crippen LogP contribution in [-0.4, -0.2) is 29.1 Å². The Balaban J connectivity index is 2.20. The van der Waals surface area contributed by atoms with Gasteiger partial charge in [-0.15, -0.1) is 0 Å². The maximum absolute atomic E-state index is 2.74. The van der Waals surface area contributed by atoms with Crippen LogP contribution in [0.3, 0.4) is 0 Å². The third-order valence-electron chi connectivity index (χ3n) is 12.3. The van der Waals surface area contributed by atoms with Crippen LogP contribution >= 0.6 is 0 Å². The molecule has 0 bridgehead atoms. The number of unbranched alkanes of at least 4 members (excludes halogenated alkanes) is 38. The Morgan fingerprint density at radius 3 is 0.673 bits per heavy atom. The van der Waals surface area contributed by atoms with Gasteiger partial charge in [0, 0.05) is 25.5 Å². The largest absolute Gasteiger partial charge is 0.356 e. The number of hydrogen-bond donors (Lipinski definition) is 0. The molecule has 0 amide bonds. The highest BCUT2D eigenvalue weighted by atomic mass is 15.4. The molecule has 0 radical (unpaired) electrons. The molecule has 1 heterocycles. The van der Waals surface area contributed by atoms with Gasteiger partial charge in [0.2, 0.25) is 0 Å². The van der Waals surface area contributed by atoms with Gasteiger partial charge in [0.05, 0.1) is 0 Å². The average Bonchev–Trinajstić information content (AvgIpc) is 3.54. The van der Waals surface area contributed by atoms with Gasteiger partial charge in [-0.1, -0.05) is 265 Å². The Hall–Kier alpha value is -0.660. The van der Waals surface area contributed by atoms with E-state index in [1.54, 1.807) is 0 Å². The van der Waals surface area contributed by atoms with Gasteiger partial charge >= 0.3 is 0 Å². The molecule has 0 aliphatic carbocycles. The summed E-state index contributed by atoms with van der Waals surface area (Å²) in [5.74, 6) is 0. The predicted molar refractivity (Wildman–Crippen MR) is 237 cm³/mol. The lowest BCUT2D eigenvalue weighted by molar-refractivity contribution is 0.135. The minimum absolute atomic E-state index is 0.636. The zero-order valence-electron chi connectivity index (χ0n) is 36.7. The van der Waals surface area contributed by atoms with Crippen molar-refractivity contribution in [1.82, 2.24) is 9.80 Å². The van der Waals surface area contributed by atoms with E-state index < -0.39 is 0 Å². The number of hydrogen-bond acceptors (Lipinski definition) is 2. The van der Waals surface area contributed by atoms with Gasteiger partial charge in [0.1, 0.15) is 6.17 Å². The van der Waals surface area contributed by atoms with Gasteiger partial charge in [-0.25, -0.2) is 0 Å². The Bertz CT molecular complexity index is 688. The van der Waals surface area contributed by atoms with Crippen LogP contribution in [0.2, 0.25) is 0 Å². The summed E-state index contributed by atoms with van der Waals surface area (Å²) in [6.45, 7) is 9.49. The van der Waals surface area contributed by atoms with Crippen LogP contribution < -0.4 is 0 Å². The first-order valence-corrected chi connectivity index (χ1v) is 25.0. The van der Waals surface area contributed by atoms with Gasteiger partial charge in [0.25, 0.3) is 0 Å². The molecule has 1 rings (SSSR count). The maximum atomic E-state index is 2.74. The van der Waals surface area contributed by atoms with Gasteiger partial charge in [0.15, 0.2) is 0 Å². The molecule has 1 atom stereocenters. The molecule has 2 nitrogen and oxygen atoms in total. The van der Waals surface area contributed by atoms with E-state index in [0.29, 0.717) is 6.17 Å². The summed E-state index contributed by atoms with van der Waals surface area (Å²) in [5.41, 5.74) is 0. The van der Waals surface area contributed by atoms with Gasteiger partial charge in [-0.3, -0.25) is 0 Å². The minimum Gasteiger partial charge on any atom is -0.356 e. The van der Waals surface area contributed by atoms with Crippen molar-refractivity contribution in [3.8, 4) is 0 Å². The van der Waals surface area contributed by atoms with Gasteiger partial charge in [-0.2, -0.15) is 0 Å². The third-order valence-corrected chi connectivity index (χ3v) is 12.3. The smallest absolute Gasteiger partial charge is 0.101 e. The molecule has 52 heavy (non-hydrogen) atoms. The van der Waals surface area contributed by atoms with Gasteiger partial charge < -0.3 is 9.80 Å². The second kappa shape index (κ2) is 41.5. The summed E-state index contributed by atoms with van der Waals surface area (Å²) in [6.07, 6.45) is 66.4. The standard InChI is InChI=1S/C50H100N2/c1-4-7-10-13-16-19-22-25-27-29-32-35-38-41-44-47-52-49-48-51(46-43-40-37-34-31-24-21-18-15-12-9-6-3)50(52)45-42-39-36-33-30-28-26-23-20-17-14-11-8-5-2/h48-50H,4-47H2,1-3H3. The van der Waals surface area contributed by atoms with Crippen molar-refractivity contribution in [2.75, 3.05) is 13.1 Å². The molecule has 0 saturated heterocycles. The van der Waals surface area contributed by atoms with Gasteiger partial charge in [-0.05, 0) is 25.7 Å². The SMILES string of the molecule is CCCCCCCCCCCCCCCCCN1C=CN(CCCCCCCCCCCCCC)C1CCCCCCCCCCCCCCCC. The molecule has 2 heteroatoms. The fraction of sp³-hybridized carbons (Fsp3) is 0.960. The molecular weight excluding hydrogens is 629 g/mol. The molecular formula is C50H100N2. The first kappa shape index (κ1) is 49.4. The van der Waals surface area contributed by atoms with E-state index in [-0.39, 0.29) is 0 Å². The summed E-state index contributed by atoms with van der Waals surface area (Å²) < 4.78 is 0. The summed E-state index contributed by atoms with van der Waals surface area (Å²) in [6, 6.07) is 0. The Labute approximate surface area is 330 Å². The van der Waals surface area contributed by atoms with Crippen molar-refractivity contribution in [3.05, 3.63) is 12.4 Å². The molecule has 310 valence electrons. The molecule has 0 saturated carbocycles. The maximum Gasteiger partial charge on any atom is 0.101 e. The average molecular weight is 729 g/mol. The normalized spacial score (nSPS) is 14.4. The predicted octanol–water partition coefficient (Wildman–Crippen LogP) is 17.8. The van der Waals surface area contributed by atoms with Crippen LogP contribution in [0.4, 0.5) is 0 Å². The fourth-order valence-corrected chi connectivity index (χ4v) is 8.66. The van der Waals surface area contributed by atoms with Crippen LogP contribution in [0.1, 0.15) is 290 Å². The van der Waals surface area contributed by atoms with Crippen molar-refractivity contribution in [2.24, 2.45) is 0 Å². The quantitative estimate of drug-likeness (QED) is 0.0576. The molecule has 0 aromatic carbocycles. The van der Waals surface area contributed by atoms with E-state index in [1.807, 2.05) is 0 Å². The Morgan fingerprint density at radius 2 is 0.442 bits per heavy atom. The minimum atomic E-state index is 0.636. The zero-order valence-corrected chi connectivity index (χ0v) is 36.7. The van der Waals surface area contributed by atoms with Crippen LogP contribution in [-0.2, 0) is 0 Å². The highest BCUT2D eigenvalue weighted by Crippen LogP contribution is 2.24. The molecule has 1 aliphatic rings. The van der Waals surface area contributed by atoms with E-state index in [4.69, 9.17) is 0 Å². The highest BCUT2D eigenvalue weighted by molar-refractivity contribution is 4.97. The molecule has 0 aromatic rings. The molecule has 0 spiro atoms. The second-order valence-electron chi connectivity index (χ2n) is 17.5. The summed E-state index contributed by atoms with van der Waals surface area (Å²) in [4.78, 5) is 5.48. The van der Waals surface area contributed by atoms with Crippen LogP contribution in [0.15, 0.2) is 12.4 Å². The van der Waals surface area contributed by atoms with Crippen LogP contribution in [0, 0.1) is 0 Å². The van der Waals surface area contributed by atoms with Crippen molar-refractivity contribution in [1.29, 1.82) is 0 Å². The Kier molecular flexibility index (Phi) is 39.4. The third kappa shape index (κ3) is 32.7. The molecule has 0 fully saturated rings. The summed E-state index contributed by atoms with van der Waals surface area (Å²) >= 11 is 0.